The number of pyridine rings is 2. The van der Waals surface area contributed by atoms with Gasteiger partial charge in [-0.15, -0.1) is 0 Å². The highest BCUT2D eigenvalue weighted by atomic mass is 35.5. The number of ether oxygens (including phenoxy) is 1. The molecule has 0 saturated carbocycles. The van der Waals surface area contributed by atoms with Crippen molar-refractivity contribution in [1.82, 2.24) is 20.2 Å². The number of halogens is 1. The number of aryl methyl sites for hydroxylation is 1. The highest BCUT2D eigenvalue weighted by Crippen LogP contribution is 2.36. The van der Waals surface area contributed by atoms with Crippen molar-refractivity contribution in [2.75, 3.05) is 7.11 Å². The van der Waals surface area contributed by atoms with Gasteiger partial charge in [0.2, 0.25) is 0 Å². The van der Waals surface area contributed by atoms with Crippen LogP contribution >= 0.6 is 11.6 Å². The molecule has 6 heteroatoms. The van der Waals surface area contributed by atoms with Gasteiger partial charge in [-0.2, -0.15) is 5.10 Å². The number of rotatable bonds is 3. The van der Waals surface area contributed by atoms with Gasteiger partial charge < -0.3 is 4.74 Å². The van der Waals surface area contributed by atoms with Crippen molar-refractivity contribution < 1.29 is 4.74 Å². The van der Waals surface area contributed by atoms with Crippen LogP contribution in [0.5, 0.6) is 5.75 Å². The minimum Gasteiger partial charge on any atom is -0.494 e. The number of aromatic amines is 1. The second kappa shape index (κ2) is 6.42. The molecule has 0 aliphatic rings. The molecule has 3 aromatic heterocycles. The SMILES string of the molecule is COc1cc2[nH]nc(-c3ccc(Cl)nc3)c2nc1-c1cccc(C)c1C. The molecule has 0 fully saturated rings. The average molecular weight is 365 g/mol. The van der Waals surface area contributed by atoms with E-state index < -0.39 is 0 Å². The first-order chi connectivity index (χ1) is 12.6. The second-order valence-electron chi connectivity index (χ2n) is 6.12. The monoisotopic (exact) mass is 364 g/mol. The van der Waals surface area contributed by atoms with Crippen molar-refractivity contribution in [2.24, 2.45) is 0 Å². The molecule has 0 unspecified atom stereocenters. The van der Waals surface area contributed by atoms with E-state index in [4.69, 9.17) is 21.3 Å². The largest absolute Gasteiger partial charge is 0.494 e. The average Bonchev–Trinajstić information content (AvgIpc) is 3.06. The van der Waals surface area contributed by atoms with E-state index in [1.165, 1.54) is 11.1 Å². The van der Waals surface area contributed by atoms with Gasteiger partial charge in [-0.3, -0.25) is 5.10 Å². The Morgan fingerprint density at radius 1 is 1.08 bits per heavy atom. The number of aromatic nitrogens is 4. The molecule has 0 radical (unpaired) electrons. The summed E-state index contributed by atoms with van der Waals surface area (Å²) in [4.78, 5) is 9.04. The van der Waals surface area contributed by atoms with Crippen molar-refractivity contribution in [2.45, 2.75) is 13.8 Å². The molecule has 1 N–H and O–H groups in total. The summed E-state index contributed by atoms with van der Waals surface area (Å²) >= 11 is 5.90. The molecule has 0 bridgehead atoms. The molecule has 0 spiro atoms. The summed E-state index contributed by atoms with van der Waals surface area (Å²) in [6, 6.07) is 11.7. The van der Waals surface area contributed by atoms with Gasteiger partial charge in [0.05, 0.1) is 12.6 Å². The van der Waals surface area contributed by atoms with E-state index in [1.807, 2.05) is 18.2 Å². The van der Waals surface area contributed by atoms with E-state index in [1.54, 1.807) is 19.4 Å². The molecular formula is C20H17ClN4O. The van der Waals surface area contributed by atoms with Gasteiger partial charge in [0, 0.05) is 23.4 Å². The van der Waals surface area contributed by atoms with Crippen LogP contribution in [0.1, 0.15) is 11.1 Å². The highest BCUT2D eigenvalue weighted by molar-refractivity contribution is 6.29. The summed E-state index contributed by atoms with van der Waals surface area (Å²) in [5.41, 5.74) is 7.39. The first-order valence-corrected chi connectivity index (χ1v) is 8.58. The zero-order valence-corrected chi connectivity index (χ0v) is 15.4. The molecule has 0 aliphatic carbocycles. The third-order valence-electron chi connectivity index (χ3n) is 4.58. The van der Waals surface area contributed by atoms with E-state index in [0.717, 1.165) is 33.5 Å². The third-order valence-corrected chi connectivity index (χ3v) is 4.80. The lowest BCUT2D eigenvalue weighted by Crippen LogP contribution is -1.95. The Morgan fingerprint density at radius 3 is 2.65 bits per heavy atom. The smallest absolute Gasteiger partial charge is 0.147 e. The summed E-state index contributed by atoms with van der Waals surface area (Å²) < 4.78 is 5.59. The molecule has 5 nitrogen and oxygen atoms in total. The Balaban J connectivity index is 1.97. The van der Waals surface area contributed by atoms with Crippen LogP contribution in [0.3, 0.4) is 0 Å². The minimum atomic E-state index is 0.444. The van der Waals surface area contributed by atoms with Crippen LogP contribution < -0.4 is 4.74 Å². The first kappa shape index (κ1) is 16.5. The molecule has 1 aromatic carbocycles. The zero-order valence-electron chi connectivity index (χ0n) is 14.7. The Bertz CT molecular complexity index is 1100. The van der Waals surface area contributed by atoms with Crippen LogP contribution in [0.25, 0.3) is 33.5 Å². The summed E-state index contributed by atoms with van der Waals surface area (Å²) in [5, 5.41) is 7.89. The number of hydrogen-bond donors (Lipinski definition) is 1. The van der Waals surface area contributed by atoms with E-state index in [2.05, 4.69) is 41.2 Å². The summed E-state index contributed by atoms with van der Waals surface area (Å²) in [6.45, 7) is 4.18. The first-order valence-electron chi connectivity index (χ1n) is 8.20. The fourth-order valence-electron chi connectivity index (χ4n) is 3.00. The predicted octanol–water partition coefficient (Wildman–Crippen LogP) is 4.97. The zero-order chi connectivity index (χ0) is 18.3. The Hall–Kier alpha value is -2.92. The molecule has 0 saturated heterocycles. The van der Waals surface area contributed by atoms with Crippen molar-refractivity contribution >= 4 is 22.6 Å². The third kappa shape index (κ3) is 2.70. The van der Waals surface area contributed by atoms with Gasteiger partial charge in [-0.1, -0.05) is 29.8 Å². The number of nitrogens with one attached hydrogen (secondary N) is 1. The molecule has 0 atom stereocenters. The number of nitrogens with zero attached hydrogens (tertiary/aromatic N) is 3. The van der Waals surface area contributed by atoms with Gasteiger partial charge in [0.15, 0.2) is 0 Å². The summed E-state index contributed by atoms with van der Waals surface area (Å²) in [5.74, 6) is 0.704. The van der Waals surface area contributed by atoms with Gasteiger partial charge in [-0.25, -0.2) is 9.97 Å². The number of fused-ring (bicyclic) bond motifs is 1. The number of hydrogen-bond acceptors (Lipinski definition) is 4. The van der Waals surface area contributed by atoms with Crippen molar-refractivity contribution in [3.8, 4) is 28.3 Å². The fourth-order valence-corrected chi connectivity index (χ4v) is 3.11. The van der Waals surface area contributed by atoms with Crippen LogP contribution in [0, 0.1) is 13.8 Å². The predicted molar refractivity (Wildman–Crippen MR) is 104 cm³/mol. The van der Waals surface area contributed by atoms with E-state index >= 15 is 0 Å². The maximum Gasteiger partial charge on any atom is 0.147 e. The standard InChI is InChI=1S/C20H17ClN4O/c1-11-5-4-6-14(12(11)2)19-16(26-3)9-15-20(23-19)18(25-24-15)13-7-8-17(21)22-10-13/h4-10H,1-3H3,(H,24,25). The lowest BCUT2D eigenvalue weighted by Gasteiger charge is -2.12. The maximum atomic E-state index is 5.90. The van der Waals surface area contributed by atoms with Crippen molar-refractivity contribution in [3.05, 3.63) is 58.9 Å². The molecule has 4 rings (SSSR count). The van der Waals surface area contributed by atoms with Gasteiger partial charge >= 0.3 is 0 Å². The van der Waals surface area contributed by atoms with Crippen LogP contribution in [0.4, 0.5) is 0 Å². The van der Waals surface area contributed by atoms with E-state index in [-0.39, 0.29) is 0 Å². The Labute approximate surface area is 156 Å². The van der Waals surface area contributed by atoms with Crippen molar-refractivity contribution in [3.63, 3.8) is 0 Å². The normalized spacial score (nSPS) is 11.1. The maximum absolute atomic E-state index is 5.90. The van der Waals surface area contributed by atoms with Crippen molar-refractivity contribution in [1.29, 1.82) is 0 Å². The van der Waals surface area contributed by atoms with Gasteiger partial charge in [0.25, 0.3) is 0 Å². The number of H-pyrrole nitrogens is 1. The highest BCUT2D eigenvalue weighted by Gasteiger charge is 2.17. The number of methoxy groups -OCH3 is 1. The molecule has 3 heterocycles. The molecule has 130 valence electrons. The molecular weight excluding hydrogens is 348 g/mol. The molecule has 0 amide bonds. The van der Waals surface area contributed by atoms with Crippen LogP contribution in [0.15, 0.2) is 42.6 Å². The van der Waals surface area contributed by atoms with Crippen LogP contribution in [-0.4, -0.2) is 27.3 Å². The molecule has 4 aromatic rings. The Kier molecular flexibility index (Phi) is 4.09. The Morgan fingerprint density at radius 2 is 1.92 bits per heavy atom. The summed E-state index contributed by atoms with van der Waals surface area (Å²) in [6.07, 6.45) is 1.70. The van der Waals surface area contributed by atoms with Crippen LogP contribution in [-0.2, 0) is 0 Å². The van der Waals surface area contributed by atoms with Crippen LogP contribution in [0.2, 0.25) is 5.15 Å². The topological polar surface area (TPSA) is 63.7 Å². The number of benzene rings is 1. The lowest BCUT2D eigenvalue weighted by molar-refractivity contribution is 0.415. The fraction of sp³-hybridized carbons (Fsp3) is 0.150. The van der Waals surface area contributed by atoms with Gasteiger partial charge in [0.1, 0.15) is 27.8 Å². The van der Waals surface area contributed by atoms with E-state index in [0.29, 0.717) is 10.9 Å². The molecule has 0 aliphatic heterocycles. The van der Waals surface area contributed by atoms with Gasteiger partial charge in [-0.05, 0) is 37.1 Å². The minimum absolute atomic E-state index is 0.444. The lowest BCUT2D eigenvalue weighted by atomic mass is 9.99. The molecule has 26 heavy (non-hydrogen) atoms. The second-order valence-corrected chi connectivity index (χ2v) is 6.51. The summed E-state index contributed by atoms with van der Waals surface area (Å²) in [7, 11) is 1.65. The quantitative estimate of drug-likeness (QED) is 0.521. The van der Waals surface area contributed by atoms with E-state index in [9.17, 15) is 0 Å².